The van der Waals surface area contributed by atoms with Gasteiger partial charge >= 0.3 is 10.4 Å². The smallest absolute Gasteiger partial charge is 0.264 e. The van der Waals surface area contributed by atoms with Gasteiger partial charge in [0.25, 0.3) is 0 Å². The summed E-state index contributed by atoms with van der Waals surface area (Å²) in [5.41, 5.74) is 0. The van der Waals surface area contributed by atoms with Crippen molar-refractivity contribution in [1.82, 2.24) is 0 Å². The largest absolute Gasteiger partial charge is 0.397 e. The summed E-state index contributed by atoms with van der Waals surface area (Å²) in [6.45, 7) is 0. The van der Waals surface area contributed by atoms with Gasteiger partial charge in [-0.15, -0.1) is 6.42 Å². The highest BCUT2D eigenvalue weighted by atomic mass is 32.3. The fourth-order valence-corrected chi connectivity index (χ4v) is 0. The molecule has 1 N–H and O–H groups in total. The van der Waals surface area contributed by atoms with Crippen LogP contribution in [0.15, 0.2) is 0 Å². The van der Waals surface area contributed by atoms with E-state index < -0.39 is 10.4 Å². The van der Waals surface area contributed by atoms with Gasteiger partial charge < -0.3 is 0 Å². The van der Waals surface area contributed by atoms with Gasteiger partial charge in [0.15, 0.2) is 0 Å². The third kappa shape index (κ3) is 25.0. The van der Waals surface area contributed by atoms with Crippen LogP contribution in [0.2, 0.25) is 0 Å². The zero-order chi connectivity index (χ0) is 8.62. The van der Waals surface area contributed by atoms with Crippen molar-refractivity contribution in [1.29, 1.82) is 0 Å². The van der Waals surface area contributed by atoms with E-state index in [9.17, 15) is 8.42 Å². The quantitative estimate of drug-likeness (QED) is 0.341. The third-order valence-corrected chi connectivity index (χ3v) is 0.906. The summed E-state index contributed by atoms with van der Waals surface area (Å²) in [6, 6.07) is 0. The highest BCUT2D eigenvalue weighted by Gasteiger charge is 1.93. The molecule has 0 aliphatic heterocycles. The maximum Gasteiger partial charge on any atom is 0.397 e. The summed E-state index contributed by atoms with van der Waals surface area (Å²) in [4.78, 5) is 0. The summed E-state index contributed by atoms with van der Waals surface area (Å²) in [6.07, 6.45) is 4.70. The molecule has 0 aromatic heterocycles. The fraction of sp³-hybridized carbons (Fsp3) is 0.500. The fourth-order valence-electron chi connectivity index (χ4n) is 0. The summed E-state index contributed by atoms with van der Waals surface area (Å²) in [7, 11) is -3.29. The normalized spacial score (nSPS) is 9.00. The van der Waals surface area contributed by atoms with Crippen LogP contribution in [0.1, 0.15) is 0 Å². The van der Waals surface area contributed by atoms with E-state index in [-0.39, 0.29) is 0 Å². The number of rotatable bonds is 1. The molecule has 0 aromatic rings. The van der Waals surface area contributed by atoms with Crippen LogP contribution >= 0.6 is 12.6 Å². The first-order valence-corrected chi connectivity index (χ1v) is 4.05. The number of terminal acetylenes is 1. The lowest BCUT2D eigenvalue weighted by molar-refractivity contribution is 0.324. The second-order valence-corrected chi connectivity index (χ2v) is 2.46. The Labute approximate surface area is 65.9 Å². The van der Waals surface area contributed by atoms with E-state index in [1.54, 1.807) is 0 Å². The van der Waals surface area contributed by atoms with Crippen molar-refractivity contribution in [3.05, 3.63) is 0 Å². The van der Waals surface area contributed by atoms with Crippen LogP contribution in [0.5, 0.6) is 0 Å². The van der Waals surface area contributed by atoms with E-state index in [1.165, 1.54) is 0 Å². The first-order chi connectivity index (χ1) is 4.47. The Morgan fingerprint density at radius 1 is 1.80 bits per heavy atom. The SMILES string of the molecule is C#CCS.COS(=O)(=O)O. The molecule has 60 valence electrons. The van der Waals surface area contributed by atoms with Gasteiger partial charge in [-0.1, -0.05) is 5.92 Å². The topological polar surface area (TPSA) is 63.6 Å². The monoisotopic (exact) mass is 184 g/mol. The number of hydrogen-bond acceptors (Lipinski definition) is 4. The molecule has 0 saturated heterocycles. The predicted octanol–water partition coefficient (Wildman–Crippen LogP) is -0.0150. The maximum atomic E-state index is 9.33. The van der Waals surface area contributed by atoms with E-state index in [1.807, 2.05) is 0 Å². The second kappa shape index (κ2) is 6.89. The molecule has 6 heteroatoms. The van der Waals surface area contributed by atoms with E-state index in [0.717, 1.165) is 7.11 Å². The van der Waals surface area contributed by atoms with Crippen LogP contribution in [0, 0.1) is 12.3 Å². The molecule has 0 bridgehead atoms. The molecule has 0 spiro atoms. The molecular formula is C4H8O4S2. The predicted molar refractivity (Wildman–Crippen MR) is 41.2 cm³/mol. The molecule has 0 atom stereocenters. The molecule has 0 saturated carbocycles. The Bertz CT molecular complexity index is 188. The van der Waals surface area contributed by atoms with Crippen LogP contribution in [-0.4, -0.2) is 25.8 Å². The minimum Gasteiger partial charge on any atom is -0.264 e. The highest BCUT2D eigenvalue weighted by Crippen LogP contribution is 1.74. The molecule has 0 heterocycles. The Hall–Kier alpha value is -0.220. The van der Waals surface area contributed by atoms with E-state index in [0.29, 0.717) is 5.75 Å². The lowest BCUT2D eigenvalue weighted by atomic mass is 10.8. The third-order valence-electron chi connectivity index (χ3n) is 0.302. The van der Waals surface area contributed by atoms with Gasteiger partial charge in [-0.05, 0) is 0 Å². The molecule has 0 fully saturated rings. The van der Waals surface area contributed by atoms with Crippen molar-refractivity contribution in [2.24, 2.45) is 0 Å². The minimum absolute atomic E-state index is 0.542. The number of hydrogen-bond donors (Lipinski definition) is 2. The van der Waals surface area contributed by atoms with Crippen LogP contribution in [-0.2, 0) is 14.6 Å². The van der Waals surface area contributed by atoms with Crippen molar-refractivity contribution in [2.75, 3.05) is 12.9 Å². The standard InChI is InChI=1S/C3H4S.CH4O4S/c1-2-3-4;1-5-6(2,3)4/h1,4H,3H2;1H3,(H,2,3,4). The average molecular weight is 184 g/mol. The van der Waals surface area contributed by atoms with E-state index in [2.05, 4.69) is 22.7 Å². The Morgan fingerprint density at radius 3 is 2.00 bits per heavy atom. The molecule has 0 unspecified atom stereocenters. The Kier molecular flexibility index (Phi) is 8.59. The highest BCUT2D eigenvalue weighted by molar-refractivity contribution is 7.80. The van der Waals surface area contributed by atoms with Gasteiger partial charge in [-0.25, -0.2) is 0 Å². The van der Waals surface area contributed by atoms with Gasteiger partial charge in [-0.3, -0.25) is 8.74 Å². The molecule has 4 nitrogen and oxygen atoms in total. The van der Waals surface area contributed by atoms with Crippen LogP contribution in [0.4, 0.5) is 0 Å². The van der Waals surface area contributed by atoms with Gasteiger partial charge in [0.1, 0.15) is 0 Å². The summed E-state index contributed by atoms with van der Waals surface area (Å²) < 4.78 is 29.7. The molecule has 0 aliphatic rings. The van der Waals surface area contributed by atoms with Crippen molar-refractivity contribution >= 4 is 23.0 Å². The van der Waals surface area contributed by atoms with Crippen molar-refractivity contribution in [3.63, 3.8) is 0 Å². The molecular weight excluding hydrogens is 176 g/mol. The lowest BCUT2D eigenvalue weighted by Crippen LogP contribution is -1.96. The molecule has 0 radical (unpaired) electrons. The zero-order valence-electron chi connectivity index (χ0n) is 5.31. The van der Waals surface area contributed by atoms with Crippen molar-refractivity contribution in [3.8, 4) is 12.3 Å². The summed E-state index contributed by atoms with van der Waals surface area (Å²) in [5.74, 6) is 2.84. The van der Waals surface area contributed by atoms with E-state index >= 15 is 0 Å². The zero-order valence-corrected chi connectivity index (χ0v) is 7.02. The maximum absolute atomic E-state index is 9.33. The Balaban J connectivity index is 0. The van der Waals surface area contributed by atoms with E-state index in [4.69, 9.17) is 11.0 Å². The molecule has 0 amide bonds. The van der Waals surface area contributed by atoms with Gasteiger partial charge in [0.05, 0.1) is 12.9 Å². The van der Waals surface area contributed by atoms with Gasteiger partial charge in [0, 0.05) is 0 Å². The minimum atomic E-state index is -4.16. The van der Waals surface area contributed by atoms with Gasteiger partial charge in [-0.2, -0.15) is 21.0 Å². The summed E-state index contributed by atoms with van der Waals surface area (Å²) >= 11 is 3.68. The van der Waals surface area contributed by atoms with Crippen LogP contribution in [0.3, 0.4) is 0 Å². The molecule has 0 aromatic carbocycles. The van der Waals surface area contributed by atoms with Crippen LogP contribution in [0.25, 0.3) is 0 Å². The summed E-state index contributed by atoms with van der Waals surface area (Å²) in [5, 5.41) is 0. The molecule has 10 heavy (non-hydrogen) atoms. The second-order valence-electron chi connectivity index (χ2n) is 0.957. The van der Waals surface area contributed by atoms with Gasteiger partial charge in [0.2, 0.25) is 0 Å². The lowest BCUT2D eigenvalue weighted by Gasteiger charge is -1.82. The number of thiol groups is 1. The van der Waals surface area contributed by atoms with Crippen molar-refractivity contribution in [2.45, 2.75) is 0 Å². The molecule has 0 aliphatic carbocycles. The Morgan fingerprint density at radius 2 is 2.00 bits per heavy atom. The molecule has 0 rings (SSSR count). The first-order valence-electron chi connectivity index (χ1n) is 2.05. The first kappa shape index (κ1) is 12.5. The van der Waals surface area contributed by atoms with Crippen LogP contribution < -0.4 is 0 Å². The average Bonchev–Trinajstić information content (AvgIpc) is 1.87. The van der Waals surface area contributed by atoms with Crippen molar-refractivity contribution < 1.29 is 17.2 Å².